The zero-order chi connectivity index (χ0) is 15.1. The van der Waals surface area contributed by atoms with Crippen LogP contribution < -0.4 is 5.32 Å². The van der Waals surface area contributed by atoms with Gasteiger partial charge in [0.25, 0.3) is 0 Å². The van der Waals surface area contributed by atoms with Crippen molar-refractivity contribution < 1.29 is 0 Å². The lowest BCUT2D eigenvalue weighted by molar-refractivity contribution is 0.710. The van der Waals surface area contributed by atoms with Gasteiger partial charge in [0.15, 0.2) is 0 Å². The first-order valence-electron chi connectivity index (χ1n) is 7.75. The minimum atomic E-state index is 0.364. The Balaban J connectivity index is 1.59. The van der Waals surface area contributed by atoms with Crippen LogP contribution in [0.1, 0.15) is 50.3 Å². The van der Waals surface area contributed by atoms with Gasteiger partial charge in [-0.15, -0.1) is 0 Å². The highest BCUT2D eigenvalue weighted by Gasteiger charge is 2.28. The summed E-state index contributed by atoms with van der Waals surface area (Å²) in [6.07, 6.45) is 2.51. The average Bonchev–Trinajstić information content (AvgIpc) is 3.12. The van der Waals surface area contributed by atoms with E-state index >= 15 is 0 Å². The number of fused-ring (bicyclic) bond motifs is 1. The topological polar surface area (TPSA) is 55.6 Å². The van der Waals surface area contributed by atoms with Crippen LogP contribution in [0.2, 0.25) is 0 Å². The van der Waals surface area contributed by atoms with E-state index in [0.717, 1.165) is 22.3 Å². The molecule has 3 aromatic rings. The molecule has 4 rings (SSSR count). The largest absolute Gasteiger partial charge is 0.353 e. The van der Waals surface area contributed by atoms with Crippen molar-refractivity contribution in [2.45, 2.75) is 45.2 Å². The first kappa shape index (κ1) is 13.7. The maximum absolute atomic E-state index is 4.79. The quantitative estimate of drug-likeness (QED) is 0.774. The van der Waals surface area contributed by atoms with Crippen molar-refractivity contribution in [2.24, 2.45) is 0 Å². The third-order valence-corrected chi connectivity index (χ3v) is 4.62. The van der Waals surface area contributed by atoms with E-state index in [0.29, 0.717) is 18.5 Å². The van der Waals surface area contributed by atoms with Crippen molar-refractivity contribution in [1.29, 1.82) is 0 Å². The van der Waals surface area contributed by atoms with Gasteiger partial charge in [-0.1, -0.05) is 26.0 Å². The first-order chi connectivity index (χ1) is 10.7. The van der Waals surface area contributed by atoms with Crippen LogP contribution in [0, 0.1) is 0 Å². The summed E-state index contributed by atoms with van der Waals surface area (Å²) in [4.78, 5) is 9.32. The molecule has 2 aromatic heterocycles. The molecule has 6 heteroatoms. The maximum atomic E-state index is 4.79. The van der Waals surface area contributed by atoms with Gasteiger partial charge in [0.1, 0.15) is 11.6 Å². The fourth-order valence-electron chi connectivity index (χ4n) is 2.66. The lowest BCUT2D eigenvalue weighted by Crippen LogP contribution is -2.07. The average molecular weight is 313 g/mol. The number of anilines is 1. The van der Waals surface area contributed by atoms with Crippen LogP contribution in [0.15, 0.2) is 24.3 Å². The number of nitrogens with zero attached hydrogens (tertiary/aromatic N) is 4. The number of hydrogen-bond acceptors (Lipinski definition) is 5. The number of aromatic nitrogens is 4. The predicted molar refractivity (Wildman–Crippen MR) is 89.3 cm³/mol. The lowest BCUT2D eigenvalue weighted by atomic mass is 10.2. The maximum Gasteiger partial charge on any atom is 0.202 e. The Morgan fingerprint density at radius 1 is 1.27 bits per heavy atom. The van der Waals surface area contributed by atoms with E-state index in [9.17, 15) is 0 Å². The van der Waals surface area contributed by atoms with Crippen LogP contribution in [0.5, 0.6) is 0 Å². The Morgan fingerprint density at radius 3 is 2.82 bits per heavy atom. The van der Waals surface area contributed by atoms with Gasteiger partial charge in [-0.05, 0) is 25.0 Å². The number of para-hydroxylation sites is 2. The Kier molecular flexibility index (Phi) is 3.33. The molecule has 0 unspecified atom stereocenters. The van der Waals surface area contributed by atoms with Crippen LogP contribution in [-0.4, -0.2) is 18.9 Å². The molecule has 0 saturated heterocycles. The number of nitrogens with one attached hydrogen (secondary N) is 1. The second-order valence-electron chi connectivity index (χ2n) is 6.08. The van der Waals surface area contributed by atoms with Gasteiger partial charge in [0.2, 0.25) is 5.13 Å². The molecular weight excluding hydrogens is 294 g/mol. The summed E-state index contributed by atoms with van der Waals surface area (Å²) >= 11 is 1.42. The summed E-state index contributed by atoms with van der Waals surface area (Å²) in [6, 6.07) is 8.99. The highest BCUT2D eigenvalue weighted by atomic mass is 32.1. The third-order valence-electron chi connectivity index (χ3n) is 3.94. The number of hydrogen-bond donors (Lipinski definition) is 1. The molecule has 1 aromatic carbocycles. The predicted octanol–water partition coefficient (Wildman–Crippen LogP) is 3.96. The van der Waals surface area contributed by atoms with Crippen molar-refractivity contribution in [1.82, 2.24) is 18.9 Å². The van der Waals surface area contributed by atoms with Crippen molar-refractivity contribution in [2.75, 3.05) is 5.32 Å². The Labute approximate surface area is 133 Å². The summed E-state index contributed by atoms with van der Waals surface area (Å²) < 4.78 is 6.76. The minimum Gasteiger partial charge on any atom is -0.353 e. The Bertz CT molecular complexity index is 800. The van der Waals surface area contributed by atoms with Gasteiger partial charge in [0, 0.05) is 23.5 Å². The molecule has 0 spiro atoms. The fourth-order valence-corrected chi connectivity index (χ4v) is 3.36. The van der Waals surface area contributed by atoms with Crippen LogP contribution in [0.3, 0.4) is 0 Å². The standard InChI is InChI=1S/C16H19N5S/c1-10(2)15-19-16(22-20-15)17-9-14-18-12-5-3-4-6-13(12)21(14)11-7-8-11/h3-6,10-11H,7-9H2,1-2H3,(H,17,19,20). The van der Waals surface area contributed by atoms with Crippen LogP contribution in [0.25, 0.3) is 11.0 Å². The van der Waals surface area contributed by atoms with Crippen molar-refractivity contribution in [3.05, 3.63) is 35.9 Å². The Morgan fingerprint density at radius 2 is 2.09 bits per heavy atom. The summed E-state index contributed by atoms with van der Waals surface area (Å²) in [5.74, 6) is 2.36. The molecule has 1 aliphatic rings. The minimum absolute atomic E-state index is 0.364. The molecule has 0 atom stereocenters. The summed E-state index contributed by atoms with van der Waals surface area (Å²) in [6.45, 7) is 4.91. The summed E-state index contributed by atoms with van der Waals surface area (Å²) in [5, 5.41) is 4.26. The number of imidazole rings is 1. The van der Waals surface area contributed by atoms with Gasteiger partial charge < -0.3 is 9.88 Å². The highest BCUT2D eigenvalue weighted by molar-refractivity contribution is 7.09. The van der Waals surface area contributed by atoms with Crippen molar-refractivity contribution in [3.8, 4) is 0 Å². The van der Waals surface area contributed by atoms with Gasteiger partial charge in [-0.2, -0.15) is 4.37 Å². The molecule has 1 saturated carbocycles. The van der Waals surface area contributed by atoms with Gasteiger partial charge in [-0.3, -0.25) is 0 Å². The van der Waals surface area contributed by atoms with Crippen molar-refractivity contribution >= 4 is 27.7 Å². The molecule has 1 aliphatic carbocycles. The molecule has 1 fully saturated rings. The van der Waals surface area contributed by atoms with Gasteiger partial charge >= 0.3 is 0 Å². The number of benzene rings is 1. The Hall–Kier alpha value is -1.95. The molecule has 1 N–H and O–H groups in total. The molecule has 0 amide bonds. The van der Waals surface area contributed by atoms with Crippen LogP contribution in [0.4, 0.5) is 5.13 Å². The lowest BCUT2D eigenvalue weighted by Gasteiger charge is -2.07. The fraction of sp³-hybridized carbons (Fsp3) is 0.438. The molecule has 5 nitrogen and oxygen atoms in total. The molecule has 114 valence electrons. The van der Waals surface area contributed by atoms with Crippen molar-refractivity contribution in [3.63, 3.8) is 0 Å². The van der Waals surface area contributed by atoms with Crippen LogP contribution in [-0.2, 0) is 6.54 Å². The molecule has 0 bridgehead atoms. The zero-order valence-corrected chi connectivity index (χ0v) is 13.6. The molecule has 22 heavy (non-hydrogen) atoms. The second kappa shape index (κ2) is 5.35. The molecular formula is C16H19N5S. The molecule has 0 radical (unpaired) electrons. The first-order valence-corrected chi connectivity index (χ1v) is 8.53. The SMILES string of the molecule is CC(C)c1nsc(NCc2nc3ccccc3n2C2CC2)n1. The smallest absolute Gasteiger partial charge is 0.202 e. The zero-order valence-electron chi connectivity index (χ0n) is 12.8. The summed E-state index contributed by atoms with van der Waals surface area (Å²) in [7, 11) is 0. The highest BCUT2D eigenvalue weighted by Crippen LogP contribution is 2.38. The number of rotatable bonds is 5. The third kappa shape index (κ3) is 2.47. The van der Waals surface area contributed by atoms with E-state index in [-0.39, 0.29) is 0 Å². The monoisotopic (exact) mass is 313 g/mol. The molecule has 0 aliphatic heterocycles. The molecule has 2 heterocycles. The normalized spacial score (nSPS) is 14.9. The van der Waals surface area contributed by atoms with E-state index in [1.54, 1.807) is 0 Å². The van der Waals surface area contributed by atoms with E-state index in [2.05, 4.69) is 51.3 Å². The summed E-state index contributed by atoms with van der Waals surface area (Å²) in [5.41, 5.74) is 2.31. The van der Waals surface area contributed by atoms with E-state index in [1.807, 2.05) is 6.07 Å². The van der Waals surface area contributed by atoms with E-state index < -0.39 is 0 Å². The van der Waals surface area contributed by atoms with E-state index in [4.69, 9.17) is 4.98 Å². The van der Waals surface area contributed by atoms with Gasteiger partial charge in [0.05, 0.1) is 17.6 Å². The second-order valence-corrected chi connectivity index (χ2v) is 6.84. The van der Waals surface area contributed by atoms with Gasteiger partial charge in [-0.25, -0.2) is 9.97 Å². The van der Waals surface area contributed by atoms with Crippen LogP contribution >= 0.6 is 11.5 Å². The van der Waals surface area contributed by atoms with E-state index in [1.165, 1.54) is 29.9 Å².